The second kappa shape index (κ2) is 6.05. The Morgan fingerprint density at radius 1 is 1.17 bits per heavy atom. The van der Waals surface area contributed by atoms with Crippen molar-refractivity contribution in [2.24, 2.45) is 0 Å². The van der Waals surface area contributed by atoms with Gasteiger partial charge in [0.15, 0.2) is 0 Å². The Morgan fingerprint density at radius 2 is 2.04 bits per heavy atom. The minimum Gasteiger partial charge on any atom is -0.358 e. The molecular formula is C18H14FN3OS. The Morgan fingerprint density at radius 3 is 2.83 bits per heavy atom. The van der Waals surface area contributed by atoms with Crippen molar-refractivity contribution in [1.29, 1.82) is 0 Å². The number of benzene rings is 1. The van der Waals surface area contributed by atoms with E-state index in [1.165, 1.54) is 6.07 Å². The Bertz CT molecular complexity index is 881. The summed E-state index contributed by atoms with van der Waals surface area (Å²) in [6.07, 6.45) is 1.16. The van der Waals surface area contributed by atoms with E-state index in [9.17, 15) is 9.18 Å². The van der Waals surface area contributed by atoms with Crippen LogP contribution in [0, 0.1) is 5.82 Å². The third-order valence-corrected chi connectivity index (χ3v) is 4.83. The number of carbonyl (C=O) groups is 1. The molecule has 0 spiro atoms. The number of aromatic nitrogens is 1. The number of para-hydroxylation sites is 1. The summed E-state index contributed by atoms with van der Waals surface area (Å²) in [6.45, 7) is 0.457. The number of thiophene rings is 1. The number of pyridine rings is 1. The lowest BCUT2D eigenvalue weighted by atomic mass is 10.2. The van der Waals surface area contributed by atoms with Crippen LogP contribution in [0.25, 0.3) is 0 Å². The van der Waals surface area contributed by atoms with Crippen molar-refractivity contribution in [1.82, 2.24) is 9.88 Å². The fourth-order valence-corrected chi connectivity index (χ4v) is 3.54. The zero-order chi connectivity index (χ0) is 16.5. The summed E-state index contributed by atoms with van der Waals surface area (Å²) in [7, 11) is 0. The summed E-state index contributed by atoms with van der Waals surface area (Å²) < 4.78 is 14.0. The Labute approximate surface area is 142 Å². The maximum absolute atomic E-state index is 14.0. The maximum atomic E-state index is 14.0. The number of anilines is 1. The van der Waals surface area contributed by atoms with Crippen LogP contribution >= 0.6 is 11.3 Å². The number of hydrogen-bond acceptors (Lipinski definition) is 4. The second-order valence-corrected chi connectivity index (χ2v) is 6.51. The van der Waals surface area contributed by atoms with E-state index < -0.39 is 6.17 Å². The third-order valence-electron chi connectivity index (χ3n) is 3.97. The highest BCUT2D eigenvalue weighted by atomic mass is 32.1. The molecule has 1 amide bonds. The molecule has 0 bridgehead atoms. The molecule has 0 saturated heterocycles. The topological polar surface area (TPSA) is 45.2 Å². The lowest BCUT2D eigenvalue weighted by Gasteiger charge is -2.26. The molecule has 0 radical (unpaired) electrons. The number of amides is 1. The molecule has 0 fully saturated rings. The molecule has 1 aromatic carbocycles. The monoisotopic (exact) mass is 339 g/mol. The smallest absolute Gasteiger partial charge is 0.258 e. The fraction of sp³-hybridized carbons (Fsp3) is 0.111. The van der Waals surface area contributed by atoms with Crippen molar-refractivity contribution in [3.8, 4) is 0 Å². The number of hydrogen-bond donors (Lipinski definition) is 1. The summed E-state index contributed by atoms with van der Waals surface area (Å²) in [5, 5.41) is 5.10. The van der Waals surface area contributed by atoms with Gasteiger partial charge in [0, 0.05) is 11.1 Å². The Kier molecular flexibility index (Phi) is 3.74. The number of halogens is 1. The lowest BCUT2D eigenvalue weighted by molar-refractivity contribution is 0.0729. The van der Waals surface area contributed by atoms with E-state index in [0.717, 1.165) is 4.88 Å². The molecule has 3 aromatic rings. The van der Waals surface area contributed by atoms with Crippen molar-refractivity contribution >= 4 is 22.9 Å². The van der Waals surface area contributed by atoms with Gasteiger partial charge >= 0.3 is 0 Å². The van der Waals surface area contributed by atoms with E-state index in [-0.39, 0.29) is 11.7 Å². The number of rotatable bonds is 4. The van der Waals surface area contributed by atoms with Gasteiger partial charge in [-0.05, 0) is 35.7 Å². The average Bonchev–Trinajstić information content (AvgIpc) is 3.20. The summed E-state index contributed by atoms with van der Waals surface area (Å²) in [5.74, 6) is -0.453. The fourth-order valence-electron chi connectivity index (χ4n) is 2.84. The highest BCUT2D eigenvalue weighted by Gasteiger charge is 2.38. The van der Waals surface area contributed by atoms with Crippen LogP contribution in [0.5, 0.6) is 0 Å². The van der Waals surface area contributed by atoms with Crippen molar-refractivity contribution in [2.75, 3.05) is 5.32 Å². The van der Waals surface area contributed by atoms with Crippen molar-refractivity contribution in [3.05, 3.63) is 82.1 Å². The summed E-state index contributed by atoms with van der Waals surface area (Å²) >= 11 is 1.59. The van der Waals surface area contributed by atoms with Crippen LogP contribution in [0.2, 0.25) is 0 Å². The van der Waals surface area contributed by atoms with Gasteiger partial charge in [0.25, 0.3) is 5.91 Å². The Balaban J connectivity index is 1.72. The number of nitrogens with one attached hydrogen (secondary N) is 1. The molecule has 6 heteroatoms. The normalized spacial score (nSPS) is 16.3. The Hall–Kier alpha value is -2.73. The van der Waals surface area contributed by atoms with Crippen molar-refractivity contribution < 1.29 is 9.18 Å². The minimum atomic E-state index is -0.493. The lowest BCUT2D eigenvalue weighted by Crippen LogP contribution is -2.32. The molecule has 2 aromatic heterocycles. The van der Waals surface area contributed by atoms with Crippen molar-refractivity contribution in [2.45, 2.75) is 12.7 Å². The first kappa shape index (κ1) is 14.8. The molecule has 0 aliphatic carbocycles. The molecule has 4 rings (SSSR count). The number of fused-ring (bicyclic) bond motifs is 1. The van der Waals surface area contributed by atoms with Crippen LogP contribution in [-0.2, 0) is 6.54 Å². The summed E-state index contributed by atoms with van der Waals surface area (Å²) in [6, 6.07) is 13.9. The van der Waals surface area contributed by atoms with Gasteiger partial charge in [-0.15, -0.1) is 11.3 Å². The predicted molar refractivity (Wildman–Crippen MR) is 91.2 cm³/mol. The molecule has 24 heavy (non-hydrogen) atoms. The van der Waals surface area contributed by atoms with Gasteiger partial charge in [0.05, 0.1) is 23.5 Å². The first-order chi connectivity index (χ1) is 11.7. The maximum Gasteiger partial charge on any atom is 0.258 e. The van der Waals surface area contributed by atoms with Gasteiger partial charge in [0.1, 0.15) is 12.0 Å². The predicted octanol–water partition coefficient (Wildman–Crippen LogP) is 4.05. The number of nitrogens with zero attached hydrogens (tertiary/aromatic N) is 2. The van der Waals surface area contributed by atoms with Crippen LogP contribution in [0.15, 0.2) is 60.1 Å². The summed E-state index contributed by atoms with van der Waals surface area (Å²) in [5.41, 5.74) is 1.54. The molecule has 0 unspecified atom stereocenters. The zero-order valence-corrected chi connectivity index (χ0v) is 13.5. The largest absolute Gasteiger partial charge is 0.358 e. The summed E-state index contributed by atoms with van der Waals surface area (Å²) in [4.78, 5) is 19.9. The van der Waals surface area contributed by atoms with Gasteiger partial charge < -0.3 is 10.2 Å². The van der Waals surface area contributed by atoms with E-state index in [1.807, 2.05) is 17.5 Å². The van der Waals surface area contributed by atoms with Crippen LogP contribution in [0.3, 0.4) is 0 Å². The first-order valence-electron chi connectivity index (χ1n) is 7.53. The van der Waals surface area contributed by atoms with Crippen molar-refractivity contribution in [3.63, 3.8) is 0 Å². The molecule has 4 nitrogen and oxygen atoms in total. The third kappa shape index (κ3) is 2.55. The molecule has 3 heterocycles. The van der Waals surface area contributed by atoms with Crippen LogP contribution in [0.4, 0.5) is 10.1 Å². The quantitative estimate of drug-likeness (QED) is 0.780. The molecule has 1 N–H and O–H groups in total. The van der Waals surface area contributed by atoms with Gasteiger partial charge in [-0.2, -0.15) is 0 Å². The average molecular weight is 339 g/mol. The van der Waals surface area contributed by atoms with E-state index >= 15 is 0 Å². The zero-order valence-electron chi connectivity index (χ0n) is 12.6. The van der Waals surface area contributed by atoms with E-state index in [0.29, 0.717) is 23.5 Å². The molecule has 120 valence electrons. The van der Waals surface area contributed by atoms with Gasteiger partial charge in [-0.25, -0.2) is 4.39 Å². The van der Waals surface area contributed by atoms with Crippen LogP contribution < -0.4 is 5.32 Å². The number of carbonyl (C=O) groups excluding carboxylic acids is 1. The van der Waals surface area contributed by atoms with Crippen LogP contribution in [-0.4, -0.2) is 15.8 Å². The molecule has 0 saturated carbocycles. The van der Waals surface area contributed by atoms with Gasteiger partial charge in [0.2, 0.25) is 0 Å². The molecular weight excluding hydrogens is 325 g/mol. The van der Waals surface area contributed by atoms with E-state index in [1.54, 1.807) is 52.8 Å². The standard InChI is InChI=1S/C18H14FN3OS/c19-14-7-1-2-8-15(14)21-17-16-13(6-3-9-20-16)18(23)22(17)11-12-5-4-10-24-12/h1-10,17,21H,11H2/t17-/m0/s1. The van der Waals surface area contributed by atoms with Gasteiger partial charge in [-0.3, -0.25) is 9.78 Å². The SMILES string of the molecule is O=C1c2cccnc2[C@@H](Nc2ccccc2F)N1Cc1cccs1. The van der Waals surface area contributed by atoms with E-state index in [2.05, 4.69) is 10.3 Å². The first-order valence-corrected chi connectivity index (χ1v) is 8.41. The van der Waals surface area contributed by atoms with Gasteiger partial charge in [-0.1, -0.05) is 18.2 Å². The van der Waals surface area contributed by atoms with Crippen LogP contribution in [0.1, 0.15) is 27.1 Å². The molecule has 1 aliphatic rings. The highest BCUT2D eigenvalue weighted by molar-refractivity contribution is 7.09. The highest BCUT2D eigenvalue weighted by Crippen LogP contribution is 2.35. The minimum absolute atomic E-state index is 0.0969. The second-order valence-electron chi connectivity index (χ2n) is 5.48. The van der Waals surface area contributed by atoms with E-state index in [4.69, 9.17) is 0 Å². The molecule has 1 aliphatic heterocycles. The molecule has 1 atom stereocenters.